The number of aromatic nitrogens is 2. The predicted molar refractivity (Wildman–Crippen MR) is 63.8 cm³/mol. The number of aromatic amines is 1. The molecule has 2 rings (SSSR count). The van der Waals surface area contributed by atoms with Crippen molar-refractivity contribution < 1.29 is 8.42 Å². The van der Waals surface area contributed by atoms with Crippen LogP contribution in [0, 0.1) is 12.3 Å². The smallest absolute Gasteiger partial charge is 0.278 e. The number of rotatable bonds is 3. The number of hydrogen-bond acceptors (Lipinski definition) is 3. The van der Waals surface area contributed by atoms with E-state index < -0.39 is 10.0 Å². The number of benzene rings is 1. The number of hydrogen-bond donors (Lipinski definition) is 2. The Morgan fingerprint density at radius 1 is 1.41 bits per heavy atom. The molecule has 5 nitrogen and oxygen atoms in total. The van der Waals surface area contributed by atoms with E-state index in [9.17, 15) is 8.42 Å². The summed E-state index contributed by atoms with van der Waals surface area (Å²) in [5, 5.41) is 0.00334. The van der Waals surface area contributed by atoms with E-state index in [-0.39, 0.29) is 5.03 Å². The van der Waals surface area contributed by atoms with E-state index in [2.05, 4.69) is 20.6 Å². The number of H-pyrrole nitrogens is 1. The van der Waals surface area contributed by atoms with Crippen molar-refractivity contribution in [2.24, 2.45) is 0 Å². The minimum atomic E-state index is -3.63. The summed E-state index contributed by atoms with van der Waals surface area (Å²) in [6.07, 6.45) is 7.76. The molecule has 0 spiro atoms. The van der Waals surface area contributed by atoms with Crippen LogP contribution < -0.4 is 4.72 Å². The Hall–Kier alpha value is -2.26. The fourth-order valence-corrected chi connectivity index (χ4v) is 2.23. The van der Waals surface area contributed by atoms with Crippen LogP contribution in [0.25, 0.3) is 0 Å². The lowest BCUT2D eigenvalue weighted by molar-refractivity contribution is 0.598. The number of anilines is 1. The molecule has 17 heavy (non-hydrogen) atoms. The highest BCUT2D eigenvalue weighted by Gasteiger charge is 2.15. The number of imidazole rings is 1. The van der Waals surface area contributed by atoms with E-state index >= 15 is 0 Å². The Labute approximate surface area is 99.0 Å². The molecule has 2 N–H and O–H groups in total. The lowest BCUT2D eigenvalue weighted by Gasteiger charge is -2.06. The molecule has 0 saturated heterocycles. The SMILES string of the molecule is C#Cc1cccc(NS(=O)(=O)c2cnc[nH]2)c1. The highest BCUT2D eigenvalue weighted by atomic mass is 32.2. The maximum Gasteiger partial charge on any atom is 0.278 e. The third-order valence-electron chi connectivity index (χ3n) is 2.04. The van der Waals surface area contributed by atoms with Crippen LogP contribution in [0.15, 0.2) is 41.8 Å². The number of nitrogens with one attached hydrogen (secondary N) is 2. The van der Waals surface area contributed by atoms with E-state index in [0.29, 0.717) is 11.3 Å². The summed E-state index contributed by atoms with van der Waals surface area (Å²) in [6.45, 7) is 0. The highest BCUT2D eigenvalue weighted by molar-refractivity contribution is 7.92. The van der Waals surface area contributed by atoms with Gasteiger partial charge < -0.3 is 4.98 Å². The van der Waals surface area contributed by atoms with Crippen molar-refractivity contribution in [2.45, 2.75) is 5.03 Å². The normalized spacial score (nSPS) is 10.8. The van der Waals surface area contributed by atoms with Crippen LogP contribution in [0.1, 0.15) is 5.56 Å². The fraction of sp³-hybridized carbons (Fsp3) is 0. The first-order valence-electron chi connectivity index (χ1n) is 4.70. The first kappa shape index (κ1) is 11.2. The Morgan fingerprint density at radius 2 is 2.24 bits per heavy atom. The molecule has 2 aromatic rings. The molecule has 1 aromatic heterocycles. The number of nitrogens with zero attached hydrogens (tertiary/aromatic N) is 1. The molecule has 0 atom stereocenters. The molecule has 1 aromatic carbocycles. The Balaban J connectivity index is 2.30. The monoisotopic (exact) mass is 247 g/mol. The summed E-state index contributed by atoms with van der Waals surface area (Å²) < 4.78 is 26.1. The molecule has 86 valence electrons. The molecule has 0 fully saturated rings. The third-order valence-corrected chi connectivity index (χ3v) is 3.35. The summed E-state index contributed by atoms with van der Waals surface area (Å²) in [6, 6.07) is 6.59. The molecule has 0 aliphatic rings. The maximum atomic E-state index is 11.8. The lowest BCUT2D eigenvalue weighted by atomic mass is 10.2. The van der Waals surface area contributed by atoms with Crippen molar-refractivity contribution in [3.63, 3.8) is 0 Å². The van der Waals surface area contributed by atoms with Crippen molar-refractivity contribution in [1.82, 2.24) is 9.97 Å². The van der Waals surface area contributed by atoms with Gasteiger partial charge in [-0.3, -0.25) is 4.72 Å². The number of sulfonamides is 1. The molecular weight excluding hydrogens is 238 g/mol. The molecule has 0 aliphatic carbocycles. The first-order chi connectivity index (χ1) is 8.12. The van der Waals surface area contributed by atoms with Gasteiger partial charge in [-0.1, -0.05) is 12.0 Å². The molecule has 6 heteroatoms. The van der Waals surface area contributed by atoms with Crippen LogP contribution >= 0.6 is 0 Å². The van der Waals surface area contributed by atoms with E-state index in [1.165, 1.54) is 12.5 Å². The fourth-order valence-electron chi connectivity index (χ4n) is 1.27. The molecule has 0 amide bonds. The van der Waals surface area contributed by atoms with Crippen LogP contribution in [-0.2, 0) is 10.0 Å². The van der Waals surface area contributed by atoms with Gasteiger partial charge in [-0.05, 0) is 18.2 Å². The van der Waals surface area contributed by atoms with Gasteiger partial charge in [-0.2, -0.15) is 8.42 Å². The van der Waals surface area contributed by atoms with Gasteiger partial charge in [0.05, 0.1) is 18.2 Å². The van der Waals surface area contributed by atoms with Crippen LogP contribution in [0.3, 0.4) is 0 Å². The van der Waals surface area contributed by atoms with E-state index in [1.807, 2.05) is 0 Å². The second kappa shape index (κ2) is 4.31. The van der Waals surface area contributed by atoms with Crippen molar-refractivity contribution in [3.05, 3.63) is 42.4 Å². The van der Waals surface area contributed by atoms with Gasteiger partial charge in [0.1, 0.15) is 0 Å². The van der Waals surface area contributed by atoms with E-state index in [1.54, 1.807) is 24.3 Å². The quantitative estimate of drug-likeness (QED) is 0.800. The van der Waals surface area contributed by atoms with Crippen LogP contribution in [0.5, 0.6) is 0 Å². The second-order valence-electron chi connectivity index (χ2n) is 3.25. The van der Waals surface area contributed by atoms with Crippen molar-refractivity contribution >= 4 is 15.7 Å². The van der Waals surface area contributed by atoms with Gasteiger partial charge in [0.2, 0.25) is 0 Å². The van der Waals surface area contributed by atoms with Crippen molar-refractivity contribution in [3.8, 4) is 12.3 Å². The lowest BCUT2D eigenvalue weighted by Crippen LogP contribution is -2.13. The standard InChI is InChI=1S/C11H9N3O2S/c1-2-9-4-3-5-10(6-9)14-17(15,16)11-7-12-8-13-11/h1,3-8,14H,(H,12,13). The third kappa shape index (κ3) is 2.46. The Morgan fingerprint density at radius 3 is 2.88 bits per heavy atom. The first-order valence-corrected chi connectivity index (χ1v) is 6.18. The van der Waals surface area contributed by atoms with Gasteiger partial charge in [0.25, 0.3) is 10.0 Å². The maximum absolute atomic E-state index is 11.8. The topological polar surface area (TPSA) is 74.8 Å². The van der Waals surface area contributed by atoms with E-state index in [0.717, 1.165) is 0 Å². The Bertz CT molecular complexity index is 654. The van der Waals surface area contributed by atoms with Gasteiger partial charge in [0.15, 0.2) is 5.03 Å². The van der Waals surface area contributed by atoms with Crippen molar-refractivity contribution in [2.75, 3.05) is 4.72 Å². The molecule has 0 bridgehead atoms. The summed E-state index contributed by atoms with van der Waals surface area (Å²) in [7, 11) is -3.63. The summed E-state index contributed by atoms with van der Waals surface area (Å²) in [5.41, 5.74) is 1.02. The molecule has 0 saturated carbocycles. The summed E-state index contributed by atoms with van der Waals surface area (Å²) >= 11 is 0. The minimum absolute atomic E-state index is 0.00334. The van der Waals surface area contributed by atoms with Gasteiger partial charge in [-0.15, -0.1) is 6.42 Å². The largest absolute Gasteiger partial charge is 0.334 e. The second-order valence-corrected chi connectivity index (χ2v) is 4.90. The van der Waals surface area contributed by atoms with Gasteiger partial charge >= 0.3 is 0 Å². The highest BCUT2D eigenvalue weighted by Crippen LogP contribution is 2.14. The van der Waals surface area contributed by atoms with Crippen molar-refractivity contribution in [1.29, 1.82) is 0 Å². The number of terminal acetylenes is 1. The molecule has 1 heterocycles. The average molecular weight is 247 g/mol. The molecular formula is C11H9N3O2S. The zero-order chi connectivity index (χ0) is 12.3. The van der Waals surface area contributed by atoms with Crippen LogP contribution in [0.4, 0.5) is 5.69 Å². The minimum Gasteiger partial charge on any atom is -0.334 e. The summed E-state index contributed by atoms with van der Waals surface area (Å²) in [5.74, 6) is 2.43. The summed E-state index contributed by atoms with van der Waals surface area (Å²) in [4.78, 5) is 6.18. The Kier molecular flexibility index (Phi) is 2.85. The molecule has 0 aliphatic heterocycles. The van der Waals surface area contributed by atoms with Crippen LogP contribution in [0.2, 0.25) is 0 Å². The zero-order valence-corrected chi connectivity index (χ0v) is 9.53. The average Bonchev–Trinajstić information content (AvgIpc) is 2.83. The molecule has 0 radical (unpaired) electrons. The van der Waals surface area contributed by atoms with Gasteiger partial charge in [0, 0.05) is 5.56 Å². The zero-order valence-electron chi connectivity index (χ0n) is 8.71. The van der Waals surface area contributed by atoms with Crippen LogP contribution in [-0.4, -0.2) is 18.4 Å². The molecule has 0 unspecified atom stereocenters. The predicted octanol–water partition coefficient (Wildman–Crippen LogP) is 1.19. The van der Waals surface area contributed by atoms with Gasteiger partial charge in [-0.25, -0.2) is 4.98 Å². The van der Waals surface area contributed by atoms with E-state index in [4.69, 9.17) is 6.42 Å².